The molecule has 1 unspecified atom stereocenters. The van der Waals surface area contributed by atoms with Gasteiger partial charge in [-0.15, -0.1) is 0 Å². The highest BCUT2D eigenvalue weighted by atomic mass is 35.5. The third kappa shape index (κ3) is 4.93. The molecule has 1 amide bonds. The minimum absolute atomic E-state index is 0.0217. The number of carbonyl (C=O) groups excluding carboxylic acids is 2. The van der Waals surface area contributed by atoms with Crippen molar-refractivity contribution in [1.82, 2.24) is 9.21 Å². The number of nitrogens with zero attached hydrogens (tertiary/aromatic N) is 2. The maximum atomic E-state index is 12.4. The Morgan fingerprint density at radius 3 is 2.36 bits per heavy atom. The van der Waals surface area contributed by atoms with Crippen LogP contribution in [-0.2, 0) is 24.3 Å². The third-order valence-corrected chi connectivity index (χ3v) is 6.02. The van der Waals surface area contributed by atoms with Crippen molar-refractivity contribution in [3.63, 3.8) is 0 Å². The first-order chi connectivity index (χ1) is 11.7. The van der Waals surface area contributed by atoms with Crippen molar-refractivity contribution < 1.29 is 22.7 Å². The quantitative estimate of drug-likeness (QED) is 0.690. The van der Waals surface area contributed by atoms with Crippen LogP contribution in [-0.4, -0.2) is 62.3 Å². The number of rotatable bonds is 6. The van der Waals surface area contributed by atoms with E-state index in [1.165, 1.54) is 38.2 Å². The van der Waals surface area contributed by atoms with Crippen molar-refractivity contribution in [2.45, 2.75) is 30.8 Å². The molecule has 0 saturated carbocycles. The maximum Gasteiger partial charge on any atom is 0.322 e. The van der Waals surface area contributed by atoms with Crippen molar-refractivity contribution >= 4 is 33.5 Å². The van der Waals surface area contributed by atoms with Gasteiger partial charge < -0.3 is 9.64 Å². The predicted octanol–water partition coefficient (Wildman–Crippen LogP) is 1.51. The van der Waals surface area contributed by atoms with E-state index in [-0.39, 0.29) is 10.8 Å². The lowest BCUT2D eigenvalue weighted by Crippen LogP contribution is -2.40. The van der Waals surface area contributed by atoms with Crippen LogP contribution in [0.25, 0.3) is 0 Å². The van der Waals surface area contributed by atoms with Gasteiger partial charge in [-0.2, -0.15) is 4.31 Å². The Labute approximate surface area is 152 Å². The number of likely N-dealkylation sites (tertiary alicyclic amines) is 1. The van der Waals surface area contributed by atoms with Gasteiger partial charge in [0.25, 0.3) is 5.91 Å². The fourth-order valence-electron chi connectivity index (χ4n) is 2.53. The Hall–Kier alpha value is -1.64. The average molecular weight is 389 g/mol. The zero-order valence-electron chi connectivity index (χ0n) is 14.1. The van der Waals surface area contributed by atoms with E-state index >= 15 is 0 Å². The molecule has 0 radical (unpaired) electrons. The zero-order chi connectivity index (χ0) is 18.6. The number of likely N-dealkylation sites (N-methyl/N-ethyl adjacent to an activating group) is 1. The van der Waals surface area contributed by atoms with E-state index in [1.54, 1.807) is 4.90 Å². The lowest BCUT2D eigenvalue weighted by Gasteiger charge is -2.22. The van der Waals surface area contributed by atoms with Crippen LogP contribution in [0, 0.1) is 0 Å². The van der Waals surface area contributed by atoms with Crippen LogP contribution >= 0.6 is 11.6 Å². The van der Waals surface area contributed by atoms with E-state index in [9.17, 15) is 18.0 Å². The molecule has 1 fully saturated rings. The number of esters is 1. The van der Waals surface area contributed by atoms with Gasteiger partial charge in [-0.05, 0) is 44.0 Å². The second-order valence-electron chi connectivity index (χ2n) is 5.88. The molecule has 1 aromatic carbocycles. The first-order valence-corrected chi connectivity index (χ1v) is 9.74. The minimum Gasteiger partial charge on any atom is -0.452 e. The van der Waals surface area contributed by atoms with E-state index in [4.69, 9.17) is 16.3 Å². The fraction of sp³-hybridized carbons (Fsp3) is 0.500. The van der Waals surface area contributed by atoms with Crippen molar-refractivity contribution in [2.24, 2.45) is 0 Å². The van der Waals surface area contributed by atoms with Gasteiger partial charge in [0.05, 0.1) is 4.90 Å². The highest BCUT2D eigenvalue weighted by Gasteiger charge is 2.28. The summed E-state index contributed by atoms with van der Waals surface area (Å²) >= 11 is 5.75. The number of carbonyl (C=O) groups is 2. The second kappa shape index (κ2) is 8.16. The van der Waals surface area contributed by atoms with Crippen molar-refractivity contribution in [3.05, 3.63) is 29.3 Å². The molecule has 2 rings (SSSR count). The summed E-state index contributed by atoms with van der Waals surface area (Å²) in [7, 11) is -2.57. The third-order valence-electron chi connectivity index (χ3n) is 3.95. The highest BCUT2D eigenvalue weighted by molar-refractivity contribution is 7.89. The molecule has 0 aromatic heterocycles. The average Bonchev–Trinajstić information content (AvgIpc) is 3.08. The van der Waals surface area contributed by atoms with Gasteiger partial charge in [-0.3, -0.25) is 9.59 Å². The summed E-state index contributed by atoms with van der Waals surface area (Å²) in [4.78, 5) is 25.8. The van der Waals surface area contributed by atoms with Gasteiger partial charge in [0.1, 0.15) is 6.54 Å². The second-order valence-corrected chi connectivity index (χ2v) is 8.36. The number of ether oxygens (including phenoxy) is 1. The molecular weight excluding hydrogens is 368 g/mol. The Bertz CT molecular complexity index is 729. The number of sulfonamides is 1. The van der Waals surface area contributed by atoms with Gasteiger partial charge in [0.2, 0.25) is 10.0 Å². The summed E-state index contributed by atoms with van der Waals surface area (Å²) in [5.41, 5.74) is 0. The molecule has 1 aliphatic rings. The van der Waals surface area contributed by atoms with Crippen LogP contribution in [0.3, 0.4) is 0 Å². The molecule has 9 heteroatoms. The number of halogens is 1. The number of amides is 1. The Balaban J connectivity index is 1.94. The van der Waals surface area contributed by atoms with E-state index in [0.717, 1.165) is 17.1 Å². The molecule has 1 heterocycles. The number of hydrogen-bond donors (Lipinski definition) is 0. The Kier molecular flexibility index (Phi) is 6.42. The molecule has 0 aliphatic carbocycles. The van der Waals surface area contributed by atoms with Crippen LogP contribution in [0.5, 0.6) is 0 Å². The van der Waals surface area contributed by atoms with Gasteiger partial charge in [0, 0.05) is 25.2 Å². The first-order valence-electron chi connectivity index (χ1n) is 7.92. The molecule has 0 spiro atoms. The molecule has 0 N–H and O–H groups in total. The van der Waals surface area contributed by atoms with Gasteiger partial charge >= 0.3 is 5.97 Å². The van der Waals surface area contributed by atoms with E-state index in [0.29, 0.717) is 18.1 Å². The Morgan fingerprint density at radius 1 is 1.24 bits per heavy atom. The molecule has 1 aromatic rings. The summed E-state index contributed by atoms with van der Waals surface area (Å²) < 4.78 is 30.8. The monoisotopic (exact) mass is 388 g/mol. The van der Waals surface area contributed by atoms with Gasteiger partial charge in [0.15, 0.2) is 6.10 Å². The molecule has 7 nitrogen and oxygen atoms in total. The molecule has 1 atom stereocenters. The Morgan fingerprint density at radius 2 is 1.80 bits per heavy atom. The number of benzene rings is 1. The van der Waals surface area contributed by atoms with Crippen LogP contribution in [0.2, 0.25) is 5.02 Å². The fourth-order valence-corrected chi connectivity index (χ4v) is 3.77. The van der Waals surface area contributed by atoms with Crippen LogP contribution in [0.1, 0.15) is 19.8 Å². The van der Waals surface area contributed by atoms with Gasteiger partial charge in [-0.1, -0.05) is 11.6 Å². The van der Waals surface area contributed by atoms with Gasteiger partial charge in [-0.25, -0.2) is 8.42 Å². The predicted molar refractivity (Wildman–Crippen MR) is 92.6 cm³/mol. The lowest BCUT2D eigenvalue weighted by molar-refractivity contribution is -0.158. The SMILES string of the molecule is CC(OC(=O)CN(C)S(=O)(=O)c1ccc(Cl)cc1)C(=O)N1CCCC1. The van der Waals surface area contributed by atoms with Crippen LogP contribution in [0.15, 0.2) is 29.2 Å². The first kappa shape index (κ1) is 19.7. The lowest BCUT2D eigenvalue weighted by atomic mass is 10.3. The standard InChI is InChI=1S/C16H21ClN2O5S/c1-12(16(21)19-9-3-4-10-19)24-15(20)11-18(2)25(22,23)14-7-5-13(17)6-8-14/h5-8,12H,3-4,9-11H2,1-2H3. The maximum absolute atomic E-state index is 12.4. The van der Waals surface area contributed by atoms with Crippen LogP contribution < -0.4 is 0 Å². The van der Waals surface area contributed by atoms with E-state index in [1.807, 2.05) is 0 Å². The summed E-state index contributed by atoms with van der Waals surface area (Å²) in [5, 5.41) is 0.412. The van der Waals surface area contributed by atoms with E-state index < -0.39 is 28.6 Å². The normalized spacial score (nSPS) is 16.1. The highest BCUT2D eigenvalue weighted by Crippen LogP contribution is 2.17. The molecular formula is C16H21ClN2O5S. The molecule has 25 heavy (non-hydrogen) atoms. The summed E-state index contributed by atoms with van der Waals surface area (Å²) in [6.45, 7) is 2.33. The largest absolute Gasteiger partial charge is 0.452 e. The topological polar surface area (TPSA) is 84.0 Å². The molecule has 0 bridgehead atoms. The summed E-state index contributed by atoms with van der Waals surface area (Å²) in [6.07, 6.45) is 0.945. The van der Waals surface area contributed by atoms with E-state index in [2.05, 4.69) is 0 Å². The number of hydrogen-bond acceptors (Lipinski definition) is 5. The van der Waals surface area contributed by atoms with Crippen molar-refractivity contribution in [3.8, 4) is 0 Å². The summed E-state index contributed by atoms with van der Waals surface area (Å²) in [5.74, 6) is -1.03. The summed E-state index contributed by atoms with van der Waals surface area (Å²) in [6, 6.07) is 5.63. The molecule has 1 saturated heterocycles. The zero-order valence-corrected chi connectivity index (χ0v) is 15.7. The van der Waals surface area contributed by atoms with Crippen LogP contribution in [0.4, 0.5) is 0 Å². The molecule has 1 aliphatic heterocycles. The van der Waals surface area contributed by atoms with Crippen molar-refractivity contribution in [2.75, 3.05) is 26.7 Å². The van der Waals surface area contributed by atoms with Crippen molar-refractivity contribution in [1.29, 1.82) is 0 Å². The minimum atomic E-state index is -3.84. The molecule has 138 valence electrons. The smallest absolute Gasteiger partial charge is 0.322 e.